The summed E-state index contributed by atoms with van der Waals surface area (Å²) in [6.45, 7) is 8.50. The van der Waals surface area contributed by atoms with Crippen LogP contribution in [0.15, 0.2) is 6.07 Å². The molecule has 2 aliphatic carbocycles. The Balaban J connectivity index is 0.000000574. The SMILES string of the molecule is CC.CC(C)c1c2c(cc3c1CC(F)C3)CCC2. The van der Waals surface area contributed by atoms with Gasteiger partial charge in [-0.2, -0.15) is 0 Å². The van der Waals surface area contributed by atoms with Crippen LogP contribution in [0.1, 0.15) is 67.9 Å². The molecule has 0 nitrogen and oxygen atoms in total. The standard InChI is InChI=1S/C15H19F.C2H6/c1-9(2)15-13-5-3-4-10(13)6-11-7-12(16)8-14(11)15;1-2/h6,9,12H,3-5,7-8H2,1-2H3;1-2H3. The Morgan fingerprint density at radius 2 is 1.78 bits per heavy atom. The average Bonchev–Trinajstić information content (AvgIpc) is 2.92. The van der Waals surface area contributed by atoms with E-state index in [2.05, 4.69) is 19.9 Å². The van der Waals surface area contributed by atoms with Gasteiger partial charge in [0.2, 0.25) is 0 Å². The summed E-state index contributed by atoms with van der Waals surface area (Å²) in [5.41, 5.74) is 7.21. The lowest BCUT2D eigenvalue weighted by molar-refractivity contribution is 0.348. The molecule has 18 heavy (non-hydrogen) atoms. The monoisotopic (exact) mass is 248 g/mol. The Hall–Kier alpha value is -0.850. The van der Waals surface area contributed by atoms with E-state index in [0.29, 0.717) is 18.8 Å². The number of aryl methyl sites for hydroxylation is 1. The first-order chi connectivity index (χ1) is 8.66. The van der Waals surface area contributed by atoms with Gasteiger partial charge in [0, 0.05) is 12.8 Å². The molecule has 1 unspecified atom stereocenters. The van der Waals surface area contributed by atoms with E-state index in [4.69, 9.17) is 0 Å². The van der Waals surface area contributed by atoms with Crippen LogP contribution in [0, 0.1) is 0 Å². The fraction of sp³-hybridized carbons (Fsp3) is 0.647. The number of alkyl halides is 1. The summed E-state index contributed by atoms with van der Waals surface area (Å²) in [5, 5.41) is 0. The molecule has 1 aromatic carbocycles. The van der Waals surface area contributed by atoms with E-state index in [9.17, 15) is 4.39 Å². The van der Waals surface area contributed by atoms with Gasteiger partial charge in [-0.3, -0.25) is 0 Å². The van der Waals surface area contributed by atoms with E-state index in [1.165, 1.54) is 41.5 Å². The van der Waals surface area contributed by atoms with Crippen LogP contribution in [0.5, 0.6) is 0 Å². The van der Waals surface area contributed by atoms with E-state index in [-0.39, 0.29) is 0 Å². The molecule has 0 fully saturated rings. The number of rotatable bonds is 1. The van der Waals surface area contributed by atoms with Gasteiger partial charge in [0.1, 0.15) is 6.17 Å². The van der Waals surface area contributed by atoms with Crippen molar-refractivity contribution in [3.63, 3.8) is 0 Å². The van der Waals surface area contributed by atoms with Crippen LogP contribution in [0.4, 0.5) is 4.39 Å². The second kappa shape index (κ2) is 5.42. The summed E-state index contributed by atoms with van der Waals surface area (Å²) in [5.74, 6) is 0.548. The average molecular weight is 248 g/mol. The lowest BCUT2D eigenvalue weighted by Crippen LogP contribution is -2.03. The first-order valence-corrected chi connectivity index (χ1v) is 7.47. The number of hydrogen-bond acceptors (Lipinski definition) is 0. The zero-order chi connectivity index (χ0) is 13.3. The minimum atomic E-state index is -0.630. The first-order valence-electron chi connectivity index (χ1n) is 7.47. The third-order valence-corrected chi connectivity index (χ3v) is 4.09. The van der Waals surface area contributed by atoms with Crippen molar-refractivity contribution in [2.24, 2.45) is 0 Å². The second-order valence-electron chi connectivity index (χ2n) is 5.58. The summed E-state index contributed by atoms with van der Waals surface area (Å²) in [4.78, 5) is 0. The predicted molar refractivity (Wildman–Crippen MR) is 76.2 cm³/mol. The van der Waals surface area contributed by atoms with E-state index in [0.717, 1.165) is 0 Å². The van der Waals surface area contributed by atoms with Gasteiger partial charge in [-0.1, -0.05) is 33.8 Å². The molecule has 1 atom stereocenters. The normalized spacial score (nSPS) is 20.4. The molecule has 0 aromatic heterocycles. The van der Waals surface area contributed by atoms with Gasteiger partial charge in [-0.25, -0.2) is 4.39 Å². The molecule has 0 heterocycles. The third kappa shape index (κ3) is 2.20. The maximum atomic E-state index is 13.5. The molecule has 0 amide bonds. The fourth-order valence-electron chi connectivity index (χ4n) is 3.54. The highest BCUT2D eigenvalue weighted by molar-refractivity contribution is 5.52. The Kier molecular flexibility index (Phi) is 4.09. The molecule has 1 aromatic rings. The lowest BCUT2D eigenvalue weighted by Gasteiger charge is -2.17. The Morgan fingerprint density at radius 3 is 2.44 bits per heavy atom. The van der Waals surface area contributed by atoms with Crippen LogP contribution in [0.25, 0.3) is 0 Å². The van der Waals surface area contributed by atoms with Crippen molar-refractivity contribution in [1.82, 2.24) is 0 Å². The first kappa shape index (κ1) is 13.6. The molecule has 0 N–H and O–H groups in total. The van der Waals surface area contributed by atoms with Crippen LogP contribution < -0.4 is 0 Å². The predicted octanol–water partition coefficient (Wildman–Crippen LogP) is 4.76. The van der Waals surface area contributed by atoms with Gasteiger partial charge in [-0.05, 0) is 53.0 Å². The zero-order valence-electron chi connectivity index (χ0n) is 12.1. The number of benzene rings is 1. The van der Waals surface area contributed by atoms with E-state index in [1.807, 2.05) is 13.8 Å². The third-order valence-electron chi connectivity index (χ3n) is 4.09. The summed E-state index contributed by atoms with van der Waals surface area (Å²) in [7, 11) is 0. The fourth-order valence-corrected chi connectivity index (χ4v) is 3.54. The molecule has 0 saturated heterocycles. The van der Waals surface area contributed by atoms with Crippen LogP contribution >= 0.6 is 0 Å². The molecule has 3 rings (SSSR count). The summed E-state index contributed by atoms with van der Waals surface area (Å²) < 4.78 is 13.5. The molecule has 0 aliphatic heterocycles. The Labute approximate surface area is 111 Å². The summed E-state index contributed by atoms with van der Waals surface area (Å²) in [6.07, 6.45) is 4.40. The Bertz CT molecular complexity index is 432. The van der Waals surface area contributed by atoms with Crippen molar-refractivity contribution in [1.29, 1.82) is 0 Å². The van der Waals surface area contributed by atoms with Crippen molar-refractivity contribution in [3.05, 3.63) is 33.9 Å². The molecular weight excluding hydrogens is 223 g/mol. The lowest BCUT2D eigenvalue weighted by atomic mass is 9.87. The molecule has 0 spiro atoms. The molecule has 1 heteroatoms. The number of halogens is 1. The summed E-state index contributed by atoms with van der Waals surface area (Å²) in [6, 6.07) is 2.29. The molecule has 0 saturated carbocycles. The molecule has 0 bridgehead atoms. The van der Waals surface area contributed by atoms with Gasteiger partial charge >= 0.3 is 0 Å². The topological polar surface area (TPSA) is 0 Å². The maximum Gasteiger partial charge on any atom is 0.108 e. The van der Waals surface area contributed by atoms with Crippen LogP contribution in [0.3, 0.4) is 0 Å². The van der Waals surface area contributed by atoms with Crippen LogP contribution in [-0.4, -0.2) is 6.17 Å². The largest absolute Gasteiger partial charge is 0.247 e. The summed E-state index contributed by atoms with van der Waals surface area (Å²) >= 11 is 0. The van der Waals surface area contributed by atoms with Gasteiger partial charge in [0.25, 0.3) is 0 Å². The van der Waals surface area contributed by atoms with Crippen LogP contribution in [-0.2, 0) is 25.7 Å². The highest BCUT2D eigenvalue weighted by Gasteiger charge is 2.29. The van der Waals surface area contributed by atoms with Gasteiger partial charge < -0.3 is 0 Å². The number of hydrogen-bond donors (Lipinski definition) is 0. The van der Waals surface area contributed by atoms with Crippen molar-refractivity contribution < 1.29 is 4.39 Å². The minimum Gasteiger partial charge on any atom is -0.247 e. The molecular formula is C17H25F. The van der Waals surface area contributed by atoms with Crippen molar-refractivity contribution >= 4 is 0 Å². The van der Waals surface area contributed by atoms with E-state index in [1.54, 1.807) is 5.56 Å². The second-order valence-corrected chi connectivity index (χ2v) is 5.58. The van der Waals surface area contributed by atoms with Gasteiger partial charge in [0.15, 0.2) is 0 Å². The van der Waals surface area contributed by atoms with Crippen molar-refractivity contribution in [3.8, 4) is 0 Å². The molecule has 0 radical (unpaired) electrons. The molecule has 2 aliphatic rings. The quantitative estimate of drug-likeness (QED) is 0.672. The van der Waals surface area contributed by atoms with Crippen molar-refractivity contribution in [2.45, 2.75) is 71.9 Å². The smallest absolute Gasteiger partial charge is 0.108 e. The van der Waals surface area contributed by atoms with Crippen LogP contribution in [0.2, 0.25) is 0 Å². The zero-order valence-corrected chi connectivity index (χ0v) is 12.1. The van der Waals surface area contributed by atoms with E-state index >= 15 is 0 Å². The van der Waals surface area contributed by atoms with Crippen molar-refractivity contribution in [2.75, 3.05) is 0 Å². The highest BCUT2D eigenvalue weighted by Crippen LogP contribution is 2.39. The Morgan fingerprint density at radius 1 is 1.06 bits per heavy atom. The highest BCUT2D eigenvalue weighted by atomic mass is 19.1. The number of fused-ring (bicyclic) bond motifs is 2. The van der Waals surface area contributed by atoms with Gasteiger partial charge in [-0.15, -0.1) is 0 Å². The van der Waals surface area contributed by atoms with E-state index < -0.39 is 6.17 Å². The maximum absolute atomic E-state index is 13.5. The van der Waals surface area contributed by atoms with Gasteiger partial charge in [0.05, 0.1) is 0 Å². The molecule has 100 valence electrons. The minimum absolute atomic E-state index is 0.548.